The molecule has 7 heteroatoms. The molecule has 2 atom stereocenters. The summed E-state index contributed by atoms with van der Waals surface area (Å²) in [7, 11) is 0. The monoisotopic (exact) mass is 336 g/mol. The molecule has 4 rings (SSSR count). The van der Waals surface area contributed by atoms with Crippen LogP contribution in [0.1, 0.15) is 45.4 Å². The molecule has 1 saturated carbocycles. The molecule has 3 saturated heterocycles. The molecule has 0 radical (unpaired) electrons. The highest BCUT2D eigenvalue weighted by Crippen LogP contribution is 2.48. The molecule has 2 N–H and O–H groups in total. The van der Waals surface area contributed by atoms with E-state index in [9.17, 15) is 14.8 Å². The summed E-state index contributed by atoms with van der Waals surface area (Å²) >= 11 is 0. The Hall–Kier alpha value is -1.34. The van der Waals surface area contributed by atoms with E-state index in [1.807, 2.05) is 0 Å². The second-order valence-electron chi connectivity index (χ2n) is 8.20. The molecule has 3 amide bonds. The molecular formula is C17H28N4O3. The first-order valence-corrected chi connectivity index (χ1v) is 9.33. The average molecular weight is 336 g/mol. The Bertz CT molecular complexity index is 526. The van der Waals surface area contributed by atoms with Gasteiger partial charge in [-0.3, -0.25) is 10.0 Å². The Morgan fingerprint density at radius 1 is 1.33 bits per heavy atom. The second-order valence-corrected chi connectivity index (χ2v) is 8.20. The van der Waals surface area contributed by atoms with Gasteiger partial charge in [0.25, 0.3) is 0 Å². The number of amides is 3. The molecule has 0 aromatic carbocycles. The fourth-order valence-corrected chi connectivity index (χ4v) is 5.01. The number of carbonyl (C=O) groups is 2. The number of hydrogen-bond donors (Lipinski definition) is 2. The van der Waals surface area contributed by atoms with Crippen LogP contribution in [0.5, 0.6) is 0 Å². The first kappa shape index (κ1) is 16.1. The standard InChI is InChI=1S/C17H28N4O3/c1-2-3-6-19-10-17(11-19)7-12(8-17)18-15(22)14-5-4-13-9-20(14)16(23)21(13)24/h12-14,24H,2-11H2,1H3,(H,18,22). The van der Waals surface area contributed by atoms with Crippen LogP contribution in [-0.2, 0) is 4.79 Å². The highest BCUT2D eigenvalue weighted by atomic mass is 16.5. The van der Waals surface area contributed by atoms with Crippen LogP contribution in [0.2, 0.25) is 0 Å². The molecule has 2 unspecified atom stereocenters. The second kappa shape index (κ2) is 5.88. The van der Waals surface area contributed by atoms with E-state index in [-0.39, 0.29) is 18.0 Å². The third-order valence-corrected chi connectivity index (χ3v) is 6.30. The summed E-state index contributed by atoms with van der Waals surface area (Å²) in [4.78, 5) is 28.6. The van der Waals surface area contributed by atoms with Crippen molar-refractivity contribution in [2.45, 2.75) is 63.6 Å². The molecule has 24 heavy (non-hydrogen) atoms. The van der Waals surface area contributed by atoms with E-state index in [1.165, 1.54) is 37.4 Å². The van der Waals surface area contributed by atoms with E-state index in [0.29, 0.717) is 24.8 Å². The van der Waals surface area contributed by atoms with Crippen molar-refractivity contribution < 1.29 is 14.8 Å². The number of unbranched alkanes of at least 4 members (excludes halogenated alkanes) is 1. The quantitative estimate of drug-likeness (QED) is 0.735. The van der Waals surface area contributed by atoms with Crippen molar-refractivity contribution >= 4 is 11.9 Å². The van der Waals surface area contributed by atoms with Crippen LogP contribution in [0.25, 0.3) is 0 Å². The fourth-order valence-electron chi connectivity index (χ4n) is 5.01. The largest absolute Gasteiger partial charge is 0.352 e. The van der Waals surface area contributed by atoms with Gasteiger partial charge in [0.15, 0.2) is 0 Å². The molecule has 3 heterocycles. The lowest BCUT2D eigenvalue weighted by Crippen LogP contribution is -2.67. The predicted molar refractivity (Wildman–Crippen MR) is 87.5 cm³/mol. The van der Waals surface area contributed by atoms with Crippen LogP contribution in [0.3, 0.4) is 0 Å². The third-order valence-electron chi connectivity index (χ3n) is 6.30. The van der Waals surface area contributed by atoms with Gasteiger partial charge in [-0.05, 0) is 44.1 Å². The van der Waals surface area contributed by atoms with E-state index in [0.717, 1.165) is 17.9 Å². The number of nitrogens with zero attached hydrogens (tertiary/aromatic N) is 3. The smallest absolute Gasteiger partial charge is 0.344 e. The number of urea groups is 1. The lowest BCUT2D eigenvalue weighted by Gasteiger charge is -2.59. The van der Waals surface area contributed by atoms with Crippen molar-refractivity contribution in [2.24, 2.45) is 5.41 Å². The third kappa shape index (κ3) is 2.58. The summed E-state index contributed by atoms with van der Waals surface area (Å²) in [5, 5.41) is 13.6. The summed E-state index contributed by atoms with van der Waals surface area (Å²) < 4.78 is 0. The Labute approximate surface area is 142 Å². The molecule has 0 aromatic heterocycles. The predicted octanol–water partition coefficient (Wildman–Crippen LogP) is 1.02. The van der Waals surface area contributed by atoms with Crippen molar-refractivity contribution in [3.8, 4) is 0 Å². The number of piperidine rings is 1. The zero-order valence-corrected chi connectivity index (χ0v) is 14.4. The summed E-state index contributed by atoms with van der Waals surface area (Å²) in [6.07, 6.45) is 5.98. The molecule has 3 aliphatic heterocycles. The average Bonchev–Trinajstić information content (AvgIpc) is 2.72. The topological polar surface area (TPSA) is 76.1 Å². The van der Waals surface area contributed by atoms with Crippen LogP contribution in [-0.4, -0.2) is 76.3 Å². The Morgan fingerprint density at radius 2 is 2.08 bits per heavy atom. The fraction of sp³-hybridized carbons (Fsp3) is 0.882. The van der Waals surface area contributed by atoms with Gasteiger partial charge in [0, 0.05) is 25.7 Å². The molecular weight excluding hydrogens is 308 g/mol. The van der Waals surface area contributed by atoms with E-state index in [1.54, 1.807) is 0 Å². The highest BCUT2D eigenvalue weighted by Gasteiger charge is 2.53. The number of likely N-dealkylation sites (tertiary alicyclic amines) is 1. The van der Waals surface area contributed by atoms with Gasteiger partial charge in [0.05, 0.1) is 6.04 Å². The van der Waals surface area contributed by atoms with Crippen molar-refractivity contribution in [2.75, 3.05) is 26.2 Å². The first-order valence-electron chi connectivity index (χ1n) is 9.33. The molecule has 4 fully saturated rings. The molecule has 7 nitrogen and oxygen atoms in total. The first-order chi connectivity index (χ1) is 11.5. The zero-order chi connectivity index (χ0) is 16.9. The Balaban J connectivity index is 1.23. The molecule has 2 bridgehead atoms. The maximum Gasteiger partial charge on any atom is 0.344 e. The summed E-state index contributed by atoms with van der Waals surface area (Å²) in [6.45, 7) is 6.24. The minimum Gasteiger partial charge on any atom is -0.352 e. The minimum absolute atomic E-state index is 0.0425. The lowest BCUT2D eigenvalue weighted by molar-refractivity contribution is -0.131. The van der Waals surface area contributed by atoms with Gasteiger partial charge in [-0.15, -0.1) is 0 Å². The maximum atomic E-state index is 12.5. The number of nitrogens with one attached hydrogen (secondary N) is 1. The normalized spacial score (nSPS) is 32.0. The van der Waals surface area contributed by atoms with Crippen LogP contribution in [0, 0.1) is 5.41 Å². The molecule has 0 aromatic rings. The van der Waals surface area contributed by atoms with Gasteiger partial charge in [0.2, 0.25) is 5.91 Å². The van der Waals surface area contributed by atoms with Gasteiger partial charge in [-0.2, -0.15) is 0 Å². The van der Waals surface area contributed by atoms with Crippen LogP contribution < -0.4 is 5.32 Å². The summed E-state index contributed by atoms with van der Waals surface area (Å²) in [6, 6.07) is -0.720. The Kier molecular flexibility index (Phi) is 3.95. The molecule has 1 aliphatic carbocycles. The van der Waals surface area contributed by atoms with E-state index in [4.69, 9.17) is 0 Å². The van der Waals surface area contributed by atoms with Gasteiger partial charge < -0.3 is 15.1 Å². The summed E-state index contributed by atoms with van der Waals surface area (Å²) in [5.74, 6) is -0.0425. The van der Waals surface area contributed by atoms with Crippen molar-refractivity contribution in [3.63, 3.8) is 0 Å². The van der Waals surface area contributed by atoms with E-state index < -0.39 is 12.1 Å². The Morgan fingerprint density at radius 3 is 2.79 bits per heavy atom. The molecule has 4 aliphatic rings. The van der Waals surface area contributed by atoms with Crippen molar-refractivity contribution in [1.82, 2.24) is 20.2 Å². The van der Waals surface area contributed by atoms with Crippen molar-refractivity contribution in [3.05, 3.63) is 0 Å². The number of fused-ring (bicyclic) bond motifs is 2. The van der Waals surface area contributed by atoms with Crippen LogP contribution in [0.15, 0.2) is 0 Å². The molecule has 134 valence electrons. The number of rotatable bonds is 5. The number of hydrogen-bond acceptors (Lipinski definition) is 4. The SMILES string of the molecule is CCCCN1CC2(CC(NC(=O)C3CCC4CN3C(=O)N4O)C2)C1. The maximum absolute atomic E-state index is 12.5. The van der Waals surface area contributed by atoms with Gasteiger partial charge in [0.1, 0.15) is 6.04 Å². The van der Waals surface area contributed by atoms with Crippen molar-refractivity contribution in [1.29, 1.82) is 0 Å². The van der Waals surface area contributed by atoms with E-state index in [2.05, 4.69) is 17.1 Å². The summed E-state index contributed by atoms with van der Waals surface area (Å²) in [5.41, 5.74) is 0.439. The highest BCUT2D eigenvalue weighted by molar-refractivity contribution is 5.88. The molecule has 1 spiro atoms. The van der Waals surface area contributed by atoms with Crippen LogP contribution in [0.4, 0.5) is 4.79 Å². The van der Waals surface area contributed by atoms with Crippen LogP contribution >= 0.6 is 0 Å². The zero-order valence-electron chi connectivity index (χ0n) is 14.4. The minimum atomic E-state index is -0.423. The number of carbonyl (C=O) groups excluding carboxylic acids is 2. The van der Waals surface area contributed by atoms with Gasteiger partial charge in [-0.25, -0.2) is 9.86 Å². The number of hydroxylamine groups is 2. The van der Waals surface area contributed by atoms with Gasteiger partial charge >= 0.3 is 6.03 Å². The van der Waals surface area contributed by atoms with E-state index >= 15 is 0 Å². The van der Waals surface area contributed by atoms with Gasteiger partial charge in [-0.1, -0.05) is 13.3 Å². The lowest BCUT2D eigenvalue weighted by atomic mass is 9.60.